The van der Waals surface area contributed by atoms with Gasteiger partial charge in [0.15, 0.2) is 0 Å². The Kier molecular flexibility index (Phi) is 6.97. The van der Waals surface area contributed by atoms with Crippen LogP contribution in [-0.4, -0.2) is 32.7 Å². The molecule has 0 unspecified atom stereocenters. The molecular formula is C15H24N2O2. The molecule has 1 aromatic carbocycles. The molecule has 106 valence electrons. The number of carbonyl (C=O) groups is 1. The Hall–Kier alpha value is -1.55. The Morgan fingerprint density at radius 1 is 1.32 bits per heavy atom. The minimum absolute atomic E-state index is 0.0663. The van der Waals surface area contributed by atoms with Gasteiger partial charge in [0.25, 0.3) is 5.91 Å². The predicted molar refractivity (Wildman–Crippen MR) is 78.8 cm³/mol. The second kappa shape index (κ2) is 8.53. The van der Waals surface area contributed by atoms with Crippen LogP contribution in [0.1, 0.15) is 35.7 Å². The molecule has 0 aliphatic carbocycles. The van der Waals surface area contributed by atoms with E-state index < -0.39 is 0 Å². The smallest absolute Gasteiger partial charge is 0.253 e. The Bertz CT molecular complexity index is 405. The van der Waals surface area contributed by atoms with Crippen LogP contribution in [0, 0.1) is 6.92 Å². The zero-order valence-electron chi connectivity index (χ0n) is 12.1. The molecule has 0 atom stereocenters. The summed E-state index contributed by atoms with van der Waals surface area (Å²) >= 11 is 0. The van der Waals surface area contributed by atoms with Gasteiger partial charge in [-0.25, -0.2) is 0 Å². The van der Waals surface area contributed by atoms with Crippen molar-refractivity contribution in [1.82, 2.24) is 5.32 Å². The quantitative estimate of drug-likeness (QED) is 0.710. The first-order valence-electron chi connectivity index (χ1n) is 6.83. The van der Waals surface area contributed by atoms with Crippen LogP contribution in [0.5, 0.6) is 0 Å². The van der Waals surface area contributed by atoms with Crippen LogP contribution in [0.2, 0.25) is 0 Å². The average Bonchev–Trinajstić information content (AvgIpc) is 2.42. The van der Waals surface area contributed by atoms with Crippen LogP contribution in [0.15, 0.2) is 18.2 Å². The van der Waals surface area contributed by atoms with Crippen LogP contribution in [-0.2, 0) is 4.74 Å². The summed E-state index contributed by atoms with van der Waals surface area (Å²) < 4.78 is 5.41. The molecule has 0 saturated heterocycles. The van der Waals surface area contributed by atoms with Crippen molar-refractivity contribution >= 4 is 11.6 Å². The second-order valence-electron chi connectivity index (χ2n) is 4.52. The van der Waals surface area contributed by atoms with E-state index in [2.05, 4.69) is 17.6 Å². The molecule has 0 saturated carbocycles. The van der Waals surface area contributed by atoms with E-state index in [0.29, 0.717) is 18.7 Å². The summed E-state index contributed by atoms with van der Waals surface area (Å²) in [6.45, 7) is 6.00. The third kappa shape index (κ3) is 5.30. The van der Waals surface area contributed by atoms with Gasteiger partial charge < -0.3 is 15.4 Å². The molecule has 0 spiro atoms. The Balaban J connectivity index is 2.41. The number of ether oxygens (including phenoxy) is 1. The van der Waals surface area contributed by atoms with Crippen molar-refractivity contribution < 1.29 is 9.53 Å². The van der Waals surface area contributed by atoms with Gasteiger partial charge in [0, 0.05) is 25.9 Å². The summed E-state index contributed by atoms with van der Waals surface area (Å²) in [7, 11) is 1.82. The topological polar surface area (TPSA) is 50.4 Å². The maximum atomic E-state index is 12.0. The fraction of sp³-hybridized carbons (Fsp3) is 0.533. The highest BCUT2D eigenvalue weighted by Gasteiger charge is 2.09. The minimum Gasteiger partial charge on any atom is -0.387 e. The highest BCUT2D eigenvalue weighted by atomic mass is 16.5. The van der Waals surface area contributed by atoms with E-state index in [1.807, 2.05) is 32.2 Å². The first kappa shape index (κ1) is 15.5. The van der Waals surface area contributed by atoms with E-state index >= 15 is 0 Å². The summed E-state index contributed by atoms with van der Waals surface area (Å²) in [6, 6.07) is 5.74. The number of hydrogen-bond acceptors (Lipinski definition) is 3. The van der Waals surface area contributed by atoms with Gasteiger partial charge in [0.1, 0.15) is 0 Å². The van der Waals surface area contributed by atoms with Crippen LogP contribution in [0.25, 0.3) is 0 Å². The van der Waals surface area contributed by atoms with E-state index in [0.717, 1.165) is 30.7 Å². The summed E-state index contributed by atoms with van der Waals surface area (Å²) in [5.74, 6) is -0.0663. The number of anilines is 1. The lowest BCUT2D eigenvalue weighted by atomic mass is 10.1. The van der Waals surface area contributed by atoms with E-state index in [1.54, 1.807) is 0 Å². The molecule has 0 aromatic heterocycles. The van der Waals surface area contributed by atoms with E-state index in [1.165, 1.54) is 0 Å². The molecule has 0 radical (unpaired) electrons. The zero-order valence-corrected chi connectivity index (χ0v) is 12.1. The van der Waals surface area contributed by atoms with Gasteiger partial charge in [-0.2, -0.15) is 0 Å². The van der Waals surface area contributed by atoms with Gasteiger partial charge in [-0.15, -0.1) is 0 Å². The van der Waals surface area contributed by atoms with Crippen molar-refractivity contribution in [2.45, 2.75) is 26.7 Å². The minimum atomic E-state index is -0.0663. The second-order valence-corrected chi connectivity index (χ2v) is 4.52. The maximum Gasteiger partial charge on any atom is 0.253 e. The molecule has 0 aliphatic heterocycles. The molecule has 1 aromatic rings. The molecule has 2 N–H and O–H groups in total. The van der Waals surface area contributed by atoms with Crippen LogP contribution in [0.3, 0.4) is 0 Å². The van der Waals surface area contributed by atoms with Crippen LogP contribution >= 0.6 is 0 Å². The van der Waals surface area contributed by atoms with Gasteiger partial charge >= 0.3 is 0 Å². The SMILES string of the molecule is CCCCOCCNC(=O)c1ccc(C)cc1NC. The maximum absolute atomic E-state index is 12.0. The third-order valence-corrected chi connectivity index (χ3v) is 2.86. The predicted octanol–water partition coefficient (Wildman–Crippen LogP) is 2.58. The fourth-order valence-corrected chi connectivity index (χ4v) is 1.74. The number of amides is 1. The van der Waals surface area contributed by atoms with Gasteiger partial charge in [-0.05, 0) is 31.0 Å². The van der Waals surface area contributed by atoms with Crippen LogP contribution < -0.4 is 10.6 Å². The number of benzene rings is 1. The van der Waals surface area contributed by atoms with Crippen molar-refractivity contribution in [1.29, 1.82) is 0 Å². The lowest BCUT2D eigenvalue weighted by Gasteiger charge is -2.11. The highest BCUT2D eigenvalue weighted by Crippen LogP contribution is 2.16. The first-order chi connectivity index (χ1) is 9.19. The van der Waals surface area contributed by atoms with Gasteiger partial charge in [0.2, 0.25) is 0 Å². The lowest BCUT2D eigenvalue weighted by Crippen LogP contribution is -2.28. The number of unbranched alkanes of at least 4 members (excludes halogenated alkanes) is 1. The van der Waals surface area contributed by atoms with Crippen molar-refractivity contribution in [3.05, 3.63) is 29.3 Å². The van der Waals surface area contributed by atoms with Crippen molar-refractivity contribution in [2.75, 3.05) is 32.1 Å². The first-order valence-corrected chi connectivity index (χ1v) is 6.83. The Morgan fingerprint density at radius 2 is 2.11 bits per heavy atom. The van der Waals surface area contributed by atoms with Crippen molar-refractivity contribution in [2.24, 2.45) is 0 Å². The number of carbonyl (C=O) groups excluding carboxylic acids is 1. The molecule has 0 heterocycles. The summed E-state index contributed by atoms with van der Waals surface area (Å²) in [6.07, 6.45) is 2.19. The van der Waals surface area contributed by atoms with Gasteiger partial charge in [0.05, 0.1) is 12.2 Å². The highest BCUT2D eigenvalue weighted by molar-refractivity contribution is 5.99. The zero-order chi connectivity index (χ0) is 14.1. The Labute approximate surface area is 115 Å². The van der Waals surface area contributed by atoms with Gasteiger partial charge in [-0.3, -0.25) is 4.79 Å². The van der Waals surface area contributed by atoms with Crippen LogP contribution in [0.4, 0.5) is 5.69 Å². The lowest BCUT2D eigenvalue weighted by molar-refractivity contribution is 0.0913. The monoisotopic (exact) mass is 264 g/mol. The summed E-state index contributed by atoms with van der Waals surface area (Å²) in [5.41, 5.74) is 2.65. The Morgan fingerprint density at radius 3 is 2.79 bits per heavy atom. The third-order valence-electron chi connectivity index (χ3n) is 2.86. The fourth-order valence-electron chi connectivity index (χ4n) is 1.74. The normalized spacial score (nSPS) is 10.3. The standard InChI is InChI=1S/C15H24N2O2/c1-4-5-9-19-10-8-17-15(18)13-7-6-12(2)11-14(13)16-3/h6-7,11,16H,4-5,8-10H2,1-3H3,(H,17,18). The van der Waals surface area contributed by atoms with Crippen molar-refractivity contribution in [3.8, 4) is 0 Å². The van der Waals surface area contributed by atoms with Crippen molar-refractivity contribution in [3.63, 3.8) is 0 Å². The molecule has 1 rings (SSSR count). The summed E-state index contributed by atoms with van der Waals surface area (Å²) in [5, 5.41) is 5.91. The largest absolute Gasteiger partial charge is 0.387 e. The molecule has 4 nitrogen and oxygen atoms in total. The van der Waals surface area contributed by atoms with E-state index in [4.69, 9.17) is 4.74 Å². The van der Waals surface area contributed by atoms with E-state index in [9.17, 15) is 4.79 Å². The molecule has 1 amide bonds. The van der Waals surface area contributed by atoms with E-state index in [-0.39, 0.29) is 5.91 Å². The number of nitrogens with one attached hydrogen (secondary N) is 2. The molecule has 4 heteroatoms. The number of aryl methyl sites for hydroxylation is 1. The molecule has 19 heavy (non-hydrogen) atoms. The molecule has 0 aliphatic rings. The number of hydrogen-bond donors (Lipinski definition) is 2. The molecule has 0 fully saturated rings. The van der Waals surface area contributed by atoms with Gasteiger partial charge in [-0.1, -0.05) is 19.4 Å². The summed E-state index contributed by atoms with van der Waals surface area (Å²) in [4.78, 5) is 12.0. The average molecular weight is 264 g/mol. The molecule has 0 bridgehead atoms. The number of rotatable bonds is 8. The molecular weight excluding hydrogens is 240 g/mol.